The van der Waals surface area contributed by atoms with Crippen LogP contribution in [0.5, 0.6) is 0 Å². The minimum atomic E-state index is -0.648. The summed E-state index contributed by atoms with van der Waals surface area (Å²) in [6, 6.07) is 19.5. The van der Waals surface area contributed by atoms with Crippen LogP contribution in [-0.4, -0.2) is 201 Å². The molecule has 4 atom stereocenters. The smallest absolute Gasteiger partial charge is 0.219 e. The molecule has 4 amide bonds. The minimum Gasteiger partial charge on any atom is -0.379 e. The molecule has 34 nitrogen and oxygen atoms in total. The van der Waals surface area contributed by atoms with Gasteiger partial charge in [-0.2, -0.15) is 51.3 Å². The van der Waals surface area contributed by atoms with Crippen LogP contribution in [-0.2, 0) is 118 Å². The summed E-state index contributed by atoms with van der Waals surface area (Å²) in [5.74, 6) is 0.00796. The summed E-state index contributed by atoms with van der Waals surface area (Å²) in [6.07, 6.45) is 20.0. The number of carbonyl (C=O) groups excluding carboxylic acids is 4. The van der Waals surface area contributed by atoms with Gasteiger partial charge in [-0.1, -0.05) is 12.1 Å². The predicted molar refractivity (Wildman–Crippen MR) is 468 cm³/mol. The Morgan fingerprint density at radius 2 is 0.736 bits per heavy atom. The van der Waals surface area contributed by atoms with Crippen LogP contribution in [0.1, 0.15) is 139 Å². The summed E-state index contributed by atoms with van der Waals surface area (Å²) in [7, 11) is 7.17. The average Bonchev–Trinajstić information content (AvgIpc) is 1.63. The van der Waals surface area contributed by atoms with E-state index < -0.39 is 23.3 Å². The Hall–Kier alpha value is -13.8. The monoisotopic (exact) mass is 1760 g/mol. The van der Waals surface area contributed by atoms with Gasteiger partial charge in [-0.3, -0.25) is 56.6 Å². The number of rotatable bonds is 16. The lowest BCUT2D eigenvalue weighted by Gasteiger charge is -2.27. The quantitative estimate of drug-likeness (QED) is 0.0653. The van der Waals surface area contributed by atoms with Crippen molar-refractivity contribution in [1.29, 1.82) is 10.5 Å². The maximum Gasteiger partial charge on any atom is 0.219 e. The van der Waals surface area contributed by atoms with Crippen LogP contribution >= 0.6 is 0 Å². The fraction of sp³-hybridized carbons (Fsp3) is 0.407. The molecule has 20 rings (SSSR count). The Bertz CT molecular complexity index is 6220. The predicted octanol–water partition coefficient (Wildman–Crippen LogP) is 12.2. The number of aromatic nitrogens is 16. The average molecular weight is 1760 g/mol. The standard InChI is InChI=1S/2C23H24FN7O2.C23H28N6O2.C22H24F2N6O2/c1-14(32)30-5-3-22-19(12-30)23(28-31(22)17-4-6-33-13-17)27-21-7-15(9-25)18(8-20(21)24)16-10-26-29(2)11-16;1-14(32)30-7-5-21-19(12-30)23(28-31(21)16-6-8-33-13-16)27-20-4-3-17(18(9-25)22(20)24)15-10-26-29(2)11-15;1-15-10-17(18-11-24-27(3)12-18)4-5-21(15)25-23-20-13-28(16(2)30)8-6-22(20)29(26-23)19-7-9-31-14-19;1-13(31)29-5-3-21-17(11-29)22(27-30(21)15-4-6-32-12-15)26-20-8-18(23)16(7-19(20)24)14-9-25-28(2)10-14/h7-8,10-11,17H,3-6,12-13H2,1-2H3,(H,27,28);3-4,10-11,16H,5-8,12-13H2,1-2H3,(H,27,28);4-5,10-12,19H,6-9,13-14H2,1-3H3,(H,25,26);7-10,15H,3-6,11-12H2,1-2H3,(H,26,27). The molecular weight excluding hydrogens is 1660 g/mol. The summed E-state index contributed by atoms with van der Waals surface area (Å²) in [6.45, 7) is 17.9. The third-order valence-corrected chi connectivity index (χ3v) is 25.0. The van der Waals surface area contributed by atoms with E-state index in [1.54, 1.807) is 109 Å². The van der Waals surface area contributed by atoms with Crippen LogP contribution in [0.2, 0.25) is 0 Å². The van der Waals surface area contributed by atoms with E-state index in [-0.39, 0.29) is 76.0 Å². The second-order valence-electron chi connectivity index (χ2n) is 33.6. The van der Waals surface area contributed by atoms with Crippen molar-refractivity contribution >= 4 is 69.6 Å². The van der Waals surface area contributed by atoms with Gasteiger partial charge in [-0.05, 0) is 80.1 Å². The van der Waals surface area contributed by atoms with Crippen LogP contribution in [0.15, 0.2) is 104 Å². The van der Waals surface area contributed by atoms with Crippen LogP contribution < -0.4 is 21.3 Å². The lowest BCUT2D eigenvalue weighted by molar-refractivity contribution is -0.130. The van der Waals surface area contributed by atoms with Gasteiger partial charge in [-0.25, -0.2) is 17.6 Å². The van der Waals surface area contributed by atoms with E-state index in [0.29, 0.717) is 162 Å². The van der Waals surface area contributed by atoms with Gasteiger partial charge >= 0.3 is 0 Å². The molecule has 38 heteroatoms. The van der Waals surface area contributed by atoms with Gasteiger partial charge < -0.3 is 59.8 Å². The van der Waals surface area contributed by atoms with Gasteiger partial charge in [0, 0.05) is 255 Å². The van der Waals surface area contributed by atoms with E-state index in [2.05, 4.69) is 77.5 Å². The van der Waals surface area contributed by atoms with Crippen molar-refractivity contribution in [2.45, 2.75) is 136 Å². The lowest BCUT2D eigenvalue weighted by atomic mass is 10.0. The van der Waals surface area contributed by atoms with Gasteiger partial charge in [0.2, 0.25) is 23.6 Å². The maximum absolute atomic E-state index is 15.4. The molecule has 4 N–H and O–H groups in total. The number of hydrogen-bond donors (Lipinski definition) is 4. The second kappa shape index (κ2) is 37.2. The first-order valence-electron chi connectivity index (χ1n) is 43.1. The number of nitrogens with zero attached hydrogens (tertiary/aromatic N) is 22. The normalized spacial score (nSPS) is 17.9. The molecule has 8 aliphatic rings. The van der Waals surface area contributed by atoms with Crippen molar-refractivity contribution in [2.24, 2.45) is 28.2 Å². The van der Waals surface area contributed by atoms with Crippen LogP contribution in [0.3, 0.4) is 0 Å². The second-order valence-corrected chi connectivity index (χ2v) is 33.6. The third-order valence-electron chi connectivity index (χ3n) is 25.0. The highest BCUT2D eigenvalue weighted by Gasteiger charge is 2.37. The molecular formula is C91H100F4N26O8. The first-order valence-corrected chi connectivity index (χ1v) is 43.1. The molecule has 4 unspecified atom stereocenters. The van der Waals surface area contributed by atoms with Gasteiger partial charge in [0.15, 0.2) is 29.1 Å². The maximum atomic E-state index is 15.4. The summed E-state index contributed by atoms with van der Waals surface area (Å²) in [5, 5.41) is 67.8. The lowest BCUT2D eigenvalue weighted by Crippen LogP contribution is -2.35. The number of fused-ring (bicyclic) bond motifs is 4. The molecule has 0 spiro atoms. The number of amides is 4. The molecule has 0 aliphatic carbocycles. The Morgan fingerprint density at radius 1 is 0.395 bits per heavy atom. The van der Waals surface area contributed by atoms with Crippen LogP contribution in [0.25, 0.3) is 44.5 Å². The van der Waals surface area contributed by atoms with E-state index in [4.69, 9.17) is 39.3 Å². The highest BCUT2D eigenvalue weighted by molar-refractivity contribution is 5.81. The van der Waals surface area contributed by atoms with Gasteiger partial charge in [0.25, 0.3) is 0 Å². The molecule has 8 aromatic heterocycles. The first-order chi connectivity index (χ1) is 62.3. The number of halogens is 4. The summed E-state index contributed by atoms with van der Waals surface area (Å²) >= 11 is 0. The number of nitrogens with one attached hydrogen (secondary N) is 4. The Balaban J connectivity index is 0.000000121. The molecule has 4 aromatic carbocycles. The topological polar surface area (TPSA) is 356 Å². The van der Waals surface area contributed by atoms with Crippen LogP contribution in [0, 0.1) is 52.9 Å². The fourth-order valence-electron chi connectivity index (χ4n) is 18.0. The van der Waals surface area contributed by atoms with Crippen molar-refractivity contribution < 1.29 is 55.7 Å². The molecule has 12 aromatic rings. The molecule has 0 saturated carbocycles. The zero-order chi connectivity index (χ0) is 90.2. The number of hydrogen-bond acceptors (Lipinski definition) is 22. The number of aryl methyl sites for hydroxylation is 5. The van der Waals surface area contributed by atoms with Crippen molar-refractivity contribution in [3.05, 3.63) is 189 Å². The van der Waals surface area contributed by atoms with E-state index in [1.807, 2.05) is 49.1 Å². The van der Waals surface area contributed by atoms with E-state index in [1.165, 1.54) is 35.6 Å². The fourth-order valence-corrected chi connectivity index (χ4v) is 18.0. The molecule has 670 valence electrons. The van der Waals surface area contributed by atoms with E-state index >= 15 is 8.78 Å². The molecule has 0 bridgehead atoms. The molecule has 4 fully saturated rings. The van der Waals surface area contributed by atoms with Gasteiger partial charge in [0.1, 0.15) is 23.5 Å². The number of nitriles is 2. The minimum absolute atomic E-state index is 0.00906. The molecule has 129 heavy (non-hydrogen) atoms. The highest BCUT2D eigenvalue weighted by atomic mass is 19.1. The number of ether oxygens (including phenoxy) is 4. The van der Waals surface area contributed by atoms with Crippen LogP contribution in [0.4, 0.5) is 63.6 Å². The van der Waals surface area contributed by atoms with Crippen molar-refractivity contribution in [3.8, 4) is 56.6 Å². The Morgan fingerprint density at radius 3 is 1.08 bits per heavy atom. The Labute approximate surface area is 740 Å². The van der Waals surface area contributed by atoms with E-state index in [0.717, 1.165) is 125 Å². The van der Waals surface area contributed by atoms with Crippen molar-refractivity contribution in [1.82, 2.24) is 97.8 Å². The van der Waals surface area contributed by atoms with Gasteiger partial charge in [0.05, 0.1) is 136 Å². The summed E-state index contributed by atoms with van der Waals surface area (Å²) in [4.78, 5) is 55.1. The number of anilines is 8. The van der Waals surface area contributed by atoms with Crippen molar-refractivity contribution in [3.63, 3.8) is 0 Å². The molecule has 16 heterocycles. The highest BCUT2D eigenvalue weighted by Crippen LogP contribution is 2.42. The zero-order valence-corrected chi connectivity index (χ0v) is 73.2. The third kappa shape index (κ3) is 18.3. The SMILES string of the molecule is CC(=O)N1CCc2c(c(Nc3cc(C#N)c(-c4cnn(C)c4)cc3F)nn2C2CCOC2)C1.CC(=O)N1CCc2c(c(Nc3cc(F)c(-c4cnn(C)c4)cc3F)nn2C2CCOC2)C1.CC(=O)N1CCc2c(c(Nc3ccc(-c4cnn(C)c4)c(C#N)c3F)nn2C2CCOC2)C1.CC(=O)N1CCc2c(c(Nc3ccc(-c4cnn(C)c4)cc3C)nn2C2CCOC2)C1. The number of carbonyl (C=O) groups is 4. The first kappa shape index (κ1) is 87.3. The molecule has 4 saturated heterocycles. The summed E-state index contributed by atoms with van der Waals surface area (Å²) in [5.41, 5.74) is 15.9. The number of benzene rings is 4. The van der Waals surface area contributed by atoms with Crippen molar-refractivity contribution in [2.75, 3.05) is 100 Å². The zero-order valence-electron chi connectivity index (χ0n) is 73.2. The molecule has 8 aliphatic heterocycles. The summed E-state index contributed by atoms with van der Waals surface area (Å²) < 4.78 is 97.2. The molecule has 0 radical (unpaired) electrons. The Kier molecular flexibility index (Phi) is 25.2. The van der Waals surface area contributed by atoms with E-state index in [9.17, 15) is 38.5 Å². The van der Waals surface area contributed by atoms with Gasteiger partial charge in [-0.15, -0.1) is 0 Å². The largest absolute Gasteiger partial charge is 0.379 e.